The van der Waals surface area contributed by atoms with Crippen molar-refractivity contribution in [3.05, 3.63) is 86.6 Å². The number of aryl methyl sites for hydroxylation is 2. The fraction of sp³-hybridized carbons (Fsp3) is 0.429. The third-order valence-corrected chi connectivity index (χ3v) is 8.34. The smallest absolute Gasteiger partial charge is 0.416 e. The summed E-state index contributed by atoms with van der Waals surface area (Å²) in [5, 5.41) is 12.6. The van der Waals surface area contributed by atoms with E-state index in [9.17, 15) is 32.7 Å². The van der Waals surface area contributed by atoms with E-state index in [2.05, 4.69) is 16.2 Å². The van der Waals surface area contributed by atoms with Crippen LogP contribution in [0.4, 0.5) is 13.2 Å². The first-order valence-electron chi connectivity index (χ1n) is 15.3. The highest BCUT2D eigenvalue weighted by atomic mass is 19.4. The van der Waals surface area contributed by atoms with Crippen LogP contribution >= 0.6 is 0 Å². The summed E-state index contributed by atoms with van der Waals surface area (Å²) in [5.74, 6) is 0.564. The quantitative estimate of drug-likeness (QED) is 0.248. The molecule has 8 nitrogen and oxygen atoms in total. The molecule has 0 aliphatic carbocycles. The van der Waals surface area contributed by atoms with Crippen LogP contribution in [0.15, 0.2) is 47.5 Å². The number of carboxylic acid groups (broad SMARTS) is 1. The van der Waals surface area contributed by atoms with Crippen molar-refractivity contribution in [2.24, 2.45) is 5.92 Å². The number of likely N-dealkylation sites (tertiary alicyclic amines) is 1. The van der Waals surface area contributed by atoms with Gasteiger partial charge >= 0.3 is 12.1 Å². The number of alkyl halides is 3. The van der Waals surface area contributed by atoms with Crippen molar-refractivity contribution in [2.45, 2.75) is 71.6 Å². The number of rotatable bonds is 12. The number of carboxylic acids is 1. The lowest BCUT2D eigenvalue weighted by Crippen LogP contribution is -2.41. The van der Waals surface area contributed by atoms with Gasteiger partial charge in [-0.1, -0.05) is 32.0 Å². The number of halogens is 3. The summed E-state index contributed by atoms with van der Waals surface area (Å²) in [6, 6.07) is 5.75. The Morgan fingerprint density at radius 3 is 2.37 bits per heavy atom. The number of pyridine rings is 2. The Morgan fingerprint density at radius 1 is 1.15 bits per heavy atom. The lowest BCUT2D eigenvalue weighted by Gasteiger charge is -2.31. The van der Waals surface area contributed by atoms with Crippen molar-refractivity contribution >= 4 is 11.9 Å². The first-order valence-corrected chi connectivity index (χ1v) is 15.3. The number of amides is 1. The zero-order valence-electron chi connectivity index (χ0n) is 26.4. The summed E-state index contributed by atoms with van der Waals surface area (Å²) in [7, 11) is 0. The monoisotopic (exact) mass is 636 g/mol. The molecule has 1 aliphatic heterocycles. The number of hydrogen-bond donors (Lipinski definition) is 2. The van der Waals surface area contributed by atoms with Gasteiger partial charge in [0.05, 0.1) is 18.0 Å². The largest absolute Gasteiger partial charge is 0.481 e. The number of nitrogens with one attached hydrogen (secondary N) is 1. The van der Waals surface area contributed by atoms with E-state index in [-0.39, 0.29) is 24.3 Å². The van der Waals surface area contributed by atoms with Gasteiger partial charge in [0.1, 0.15) is 11.7 Å². The first kappa shape index (κ1) is 34.4. The van der Waals surface area contributed by atoms with Gasteiger partial charge in [-0.15, -0.1) is 6.42 Å². The van der Waals surface area contributed by atoms with Gasteiger partial charge in [0.15, 0.2) is 0 Å². The molecular formula is C35H39F3N4O4. The molecule has 1 aromatic carbocycles. The van der Waals surface area contributed by atoms with Crippen LogP contribution in [0.5, 0.6) is 0 Å². The molecule has 0 radical (unpaired) electrons. The van der Waals surface area contributed by atoms with Gasteiger partial charge < -0.3 is 19.9 Å². The number of carbonyl (C=O) groups is 2. The van der Waals surface area contributed by atoms with Crippen LogP contribution in [0.25, 0.3) is 11.1 Å². The highest BCUT2D eigenvalue weighted by Crippen LogP contribution is 2.34. The molecule has 3 aromatic rings. The fourth-order valence-corrected chi connectivity index (χ4v) is 5.89. The van der Waals surface area contributed by atoms with E-state index >= 15 is 0 Å². The lowest BCUT2D eigenvalue weighted by molar-refractivity contribution is -0.139. The number of nitrogens with zero attached hydrogens (tertiary/aromatic N) is 3. The summed E-state index contributed by atoms with van der Waals surface area (Å²) >= 11 is 0. The molecule has 4 rings (SSSR count). The van der Waals surface area contributed by atoms with Gasteiger partial charge in [-0.2, -0.15) is 13.2 Å². The van der Waals surface area contributed by atoms with E-state index in [1.807, 2.05) is 50.8 Å². The Hall–Kier alpha value is -4.43. The van der Waals surface area contributed by atoms with Crippen molar-refractivity contribution in [3.8, 4) is 23.5 Å². The molecule has 1 saturated heterocycles. The number of aliphatic carboxylic acids is 1. The van der Waals surface area contributed by atoms with Crippen LogP contribution in [0.1, 0.15) is 78.7 Å². The molecule has 2 N–H and O–H groups in total. The average molecular weight is 637 g/mol. The van der Waals surface area contributed by atoms with Crippen LogP contribution < -0.4 is 10.9 Å². The standard InChI is InChI=1S/C35H39F3N4O4/c1-6-28-26(33-22(4)9-7-10-23(33)5)16-25(19-39-28)29(18-32(44)45)40-34(46)30(15-21(2)3)42-20-24(11-14-41-12-8-13-41)27(17-31(42)43)35(36,37)38/h1,7,9-10,16-17,19-21,29-30H,8,11-15,18H2,2-5H3,(H,40,46)(H,44,45)/t29-,30-/m1/s1. The second-order valence-corrected chi connectivity index (χ2v) is 12.3. The molecule has 2 atom stereocenters. The normalized spacial score (nSPS) is 14.8. The summed E-state index contributed by atoms with van der Waals surface area (Å²) in [6.07, 6.45) is 4.23. The molecule has 0 bridgehead atoms. The third-order valence-electron chi connectivity index (χ3n) is 8.34. The number of carbonyl (C=O) groups excluding carboxylic acids is 1. The summed E-state index contributed by atoms with van der Waals surface area (Å²) in [4.78, 5) is 45.6. The van der Waals surface area contributed by atoms with E-state index in [4.69, 9.17) is 6.42 Å². The second-order valence-electron chi connectivity index (χ2n) is 12.3. The minimum Gasteiger partial charge on any atom is -0.481 e. The third kappa shape index (κ3) is 8.04. The van der Waals surface area contributed by atoms with Gasteiger partial charge in [0, 0.05) is 30.6 Å². The SMILES string of the molecule is C#Cc1ncc([C@@H](CC(=O)O)NC(=O)[C@@H](CC(C)C)n2cc(CCN3CCC3)c(C(F)(F)F)cc2=O)cc1-c1c(C)cccc1C. The maximum absolute atomic E-state index is 14.0. The highest BCUT2D eigenvalue weighted by molar-refractivity contribution is 5.82. The highest BCUT2D eigenvalue weighted by Gasteiger charge is 2.36. The van der Waals surface area contributed by atoms with E-state index in [1.165, 1.54) is 6.20 Å². The van der Waals surface area contributed by atoms with E-state index in [1.54, 1.807) is 6.07 Å². The first-order chi connectivity index (χ1) is 21.7. The van der Waals surface area contributed by atoms with E-state index in [0.29, 0.717) is 29.4 Å². The molecule has 1 amide bonds. The minimum atomic E-state index is -4.74. The molecule has 0 saturated carbocycles. The Balaban J connectivity index is 1.75. The zero-order valence-corrected chi connectivity index (χ0v) is 26.4. The van der Waals surface area contributed by atoms with Gasteiger partial charge in [-0.25, -0.2) is 4.98 Å². The zero-order chi connectivity index (χ0) is 33.8. The van der Waals surface area contributed by atoms with Gasteiger partial charge in [-0.05, 0) is 91.9 Å². The topological polar surface area (TPSA) is 105 Å². The van der Waals surface area contributed by atoms with Gasteiger partial charge in [0.25, 0.3) is 5.56 Å². The minimum absolute atomic E-state index is 0.0566. The predicted octanol–water partition coefficient (Wildman–Crippen LogP) is 5.69. The molecule has 46 heavy (non-hydrogen) atoms. The number of benzene rings is 1. The summed E-state index contributed by atoms with van der Waals surface area (Å²) in [5.41, 5.74) is 1.97. The van der Waals surface area contributed by atoms with Crippen LogP contribution in [0, 0.1) is 32.1 Å². The molecule has 2 aromatic heterocycles. The van der Waals surface area contributed by atoms with Crippen LogP contribution in [0.3, 0.4) is 0 Å². The maximum Gasteiger partial charge on any atom is 0.416 e. The van der Waals surface area contributed by atoms with Crippen molar-refractivity contribution in [2.75, 3.05) is 19.6 Å². The number of hydrogen-bond acceptors (Lipinski definition) is 5. The Bertz CT molecular complexity index is 1680. The average Bonchev–Trinajstić information content (AvgIpc) is 2.94. The lowest BCUT2D eigenvalue weighted by atomic mass is 9.92. The summed E-state index contributed by atoms with van der Waals surface area (Å²) < 4.78 is 43.0. The molecule has 0 spiro atoms. The summed E-state index contributed by atoms with van der Waals surface area (Å²) in [6.45, 7) is 9.48. The van der Waals surface area contributed by atoms with Crippen molar-refractivity contribution in [1.29, 1.82) is 0 Å². The Morgan fingerprint density at radius 2 is 1.83 bits per heavy atom. The molecule has 1 aliphatic rings. The molecule has 3 heterocycles. The van der Waals surface area contributed by atoms with Crippen molar-refractivity contribution < 1.29 is 27.9 Å². The van der Waals surface area contributed by atoms with E-state index < -0.39 is 47.7 Å². The Kier molecular flexibility index (Phi) is 10.7. The van der Waals surface area contributed by atoms with Crippen LogP contribution in [0.2, 0.25) is 0 Å². The number of aromatic nitrogens is 2. The molecular weight excluding hydrogens is 597 g/mol. The van der Waals surface area contributed by atoms with Gasteiger partial charge in [-0.3, -0.25) is 14.4 Å². The maximum atomic E-state index is 14.0. The molecule has 0 unspecified atom stereocenters. The van der Waals surface area contributed by atoms with Crippen LogP contribution in [-0.4, -0.2) is 51.1 Å². The fourth-order valence-electron chi connectivity index (χ4n) is 5.89. The predicted molar refractivity (Wildman–Crippen MR) is 169 cm³/mol. The van der Waals surface area contributed by atoms with Gasteiger partial charge in [0.2, 0.25) is 5.91 Å². The Labute approximate surface area is 266 Å². The molecule has 1 fully saturated rings. The second kappa shape index (κ2) is 14.3. The van der Waals surface area contributed by atoms with E-state index in [0.717, 1.165) is 47.0 Å². The van der Waals surface area contributed by atoms with Crippen molar-refractivity contribution in [1.82, 2.24) is 19.8 Å². The molecule has 11 heteroatoms. The van der Waals surface area contributed by atoms with Crippen LogP contribution in [-0.2, 0) is 22.2 Å². The van der Waals surface area contributed by atoms with Crippen molar-refractivity contribution in [3.63, 3.8) is 0 Å². The number of terminal acetylenes is 1. The molecule has 244 valence electrons.